The van der Waals surface area contributed by atoms with Gasteiger partial charge < -0.3 is 4.74 Å². The number of methoxy groups -OCH3 is 1. The average Bonchev–Trinajstić information content (AvgIpc) is 2.50. The summed E-state index contributed by atoms with van der Waals surface area (Å²) in [6.07, 6.45) is 0. The minimum Gasteiger partial charge on any atom is -0.465 e. The molecule has 0 bridgehead atoms. The summed E-state index contributed by atoms with van der Waals surface area (Å²) in [5, 5.41) is 0.539. The van der Waals surface area contributed by atoms with Gasteiger partial charge in [-0.2, -0.15) is 0 Å². The molecule has 0 spiro atoms. The van der Waals surface area contributed by atoms with Crippen LogP contribution >= 0.6 is 23.2 Å². The van der Waals surface area contributed by atoms with Gasteiger partial charge in [-0.3, -0.25) is 4.72 Å². The van der Waals surface area contributed by atoms with Crippen LogP contribution in [0.3, 0.4) is 0 Å². The third kappa shape index (κ3) is 4.60. The van der Waals surface area contributed by atoms with Gasteiger partial charge in [0.25, 0.3) is 0 Å². The zero-order valence-corrected chi connectivity index (χ0v) is 14.4. The first-order chi connectivity index (χ1) is 10.8. The maximum absolute atomic E-state index is 12.3. The molecular formula is C15H13Cl2NO4S. The Labute approximate surface area is 144 Å². The van der Waals surface area contributed by atoms with E-state index in [2.05, 4.69) is 9.46 Å². The fraction of sp³-hybridized carbons (Fsp3) is 0.133. The summed E-state index contributed by atoms with van der Waals surface area (Å²) in [4.78, 5) is 11.5. The molecule has 0 saturated carbocycles. The lowest BCUT2D eigenvalue weighted by atomic mass is 10.2. The van der Waals surface area contributed by atoms with Crippen molar-refractivity contribution in [3.63, 3.8) is 0 Å². The largest absolute Gasteiger partial charge is 0.465 e. The lowest BCUT2D eigenvalue weighted by Crippen LogP contribution is -2.16. The SMILES string of the molecule is COC(=O)c1cccc(NS(=O)(=O)Cc2c(Cl)cccc2Cl)c1. The fourth-order valence-electron chi connectivity index (χ4n) is 1.90. The molecule has 23 heavy (non-hydrogen) atoms. The van der Waals surface area contributed by atoms with E-state index in [0.717, 1.165) is 0 Å². The first-order valence-corrected chi connectivity index (χ1v) is 8.85. The molecule has 0 saturated heterocycles. The molecule has 0 aliphatic carbocycles. The molecule has 8 heteroatoms. The highest BCUT2D eigenvalue weighted by Gasteiger charge is 2.17. The second-order valence-corrected chi connectivity index (χ2v) is 7.17. The van der Waals surface area contributed by atoms with Crippen LogP contribution in [-0.4, -0.2) is 21.5 Å². The van der Waals surface area contributed by atoms with Crippen LogP contribution in [0.4, 0.5) is 5.69 Å². The first-order valence-electron chi connectivity index (χ1n) is 6.44. The molecule has 0 heterocycles. The van der Waals surface area contributed by atoms with Crippen LogP contribution < -0.4 is 4.72 Å². The van der Waals surface area contributed by atoms with E-state index in [1.54, 1.807) is 24.3 Å². The molecule has 0 aliphatic heterocycles. The number of anilines is 1. The second-order valence-electron chi connectivity index (χ2n) is 4.63. The normalized spacial score (nSPS) is 11.1. The lowest BCUT2D eigenvalue weighted by molar-refractivity contribution is 0.0601. The van der Waals surface area contributed by atoms with Gasteiger partial charge in [0.2, 0.25) is 10.0 Å². The number of nitrogens with one attached hydrogen (secondary N) is 1. The van der Waals surface area contributed by atoms with Crippen molar-refractivity contribution in [1.82, 2.24) is 0 Å². The molecule has 5 nitrogen and oxygen atoms in total. The van der Waals surface area contributed by atoms with Crippen molar-refractivity contribution in [2.24, 2.45) is 0 Å². The van der Waals surface area contributed by atoms with E-state index < -0.39 is 16.0 Å². The number of benzene rings is 2. The Morgan fingerprint density at radius 1 is 1.13 bits per heavy atom. The minimum absolute atomic E-state index is 0.239. The highest BCUT2D eigenvalue weighted by atomic mass is 35.5. The number of rotatable bonds is 5. The highest BCUT2D eigenvalue weighted by Crippen LogP contribution is 2.27. The Balaban J connectivity index is 2.24. The molecule has 0 atom stereocenters. The Morgan fingerprint density at radius 3 is 2.35 bits per heavy atom. The van der Waals surface area contributed by atoms with E-state index in [0.29, 0.717) is 5.56 Å². The van der Waals surface area contributed by atoms with Crippen molar-refractivity contribution in [2.45, 2.75) is 5.75 Å². The predicted octanol–water partition coefficient (Wildman–Crippen LogP) is 3.72. The van der Waals surface area contributed by atoms with Gasteiger partial charge in [-0.25, -0.2) is 13.2 Å². The monoisotopic (exact) mass is 373 g/mol. The van der Waals surface area contributed by atoms with Gasteiger partial charge in [0.05, 0.1) is 18.4 Å². The molecule has 2 aromatic rings. The van der Waals surface area contributed by atoms with Gasteiger partial charge in [0.1, 0.15) is 0 Å². The number of carbonyl (C=O) groups is 1. The molecule has 0 amide bonds. The van der Waals surface area contributed by atoms with Crippen molar-refractivity contribution >= 4 is 44.9 Å². The van der Waals surface area contributed by atoms with Crippen LogP contribution in [0.1, 0.15) is 15.9 Å². The van der Waals surface area contributed by atoms with Crippen molar-refractivity contribution < 1.29 is 17.9 Å². The lowest BCUT2D eigenvalue weighted by Gasteiger charge is -2.11. The molecule has 0 unspecified atom stereocenters. The second kappa shape index (κ2) is 7.21. The maximum Gasteiger partial charge on any atom is 0.337 e. The molecule has 0 radical (unpaired) electrons. The molecule has 0 aromatic heterocycles. The molecule has 0 aliphatic rings. The quantitative estimate of drug-likeness (QED) is 0.810. The molecule has 2 aromatic carbocycles. The van der Waals surface area contributed by atoms with Crippen LogP contribution in [0.2, 0.25) is 10.0 Å². The van der Waals surface area contributed by atoms with Crippen molar-refractivity contribution in [3.8, 4) is 0 Å². The summed E-state index contributed by atoms with van der Waals surface area (Å²) in [6, 6.07) is 10.7. The van der Waals surface area contributed by atoms with Crippen LogP contribution in [0.15, 0.2) is 42.5 Å². The van der Waals surface area contributed by atoms with Crippen molar-refractivity contribution in [1.29, 1.82) is 0 Å². The van der Waals surface area contributed by atoms with Gasteiger partial charge in [-0.15, -0.1) is 0 Å². The van der Waals surface area contributed by atoms with Gasteiger partial charge in [0, 0.05) is 21.3 Å². The van der Waals surface area contributed by atoms with E-state index in [9.17, 15) is 13.2 Å². The first kappa shape index (κ1) is 17.6. The standard InChI is InChI=1S/C15H13Cl2NO4S/c1-22-15(19)10-4-2-5-11(8-10)18-23(20,21)9-12-13(16)6-3-7-14(12)17/h2-8,18H,9H2,1H3. The van der Waals surface area contributed by atoms with Crippen molar-refractivity contribution in [2.75, 3.05) is 11.8 Å². The zero-order chi connectivity index (χ0) is 17.0. The third-order valence-electron chi connectivity index (χ3n) is 2.95. The van der Waals surface area contributed by atoms with E-state index in [4.69, 9.17) is 23.2 Å². The molecule has 1 N–H and O–H groups in total. The summed E-state index contributed by atoms with van der Waals surface area (Å²) < 4.78 is 31.5. The summed E-state index contributed by atoms with van der Waals surface area (Å²) in [5.41, 5.74) is 0.798. The number of carbonyl (C=O) groups excluding carboxylic acids is 1. The van der Waals surface area contributed by atoms with Crippen LogP contribution in [0, 0.1) is 0 Å². The zero-order valence-electron chi connectivity index (χ0n) is 12.0. The Hall–Kier alpha value is -1.76. The summed E-state index contributed by atoms with van der Waals surface area (Å²) in [5.74, 6) is -0.936. The smallest absolute Gasteiger partial charge is 0.337 e. The Kier molecular flexibility index (Phi) is 5.51. The Bertz CT molecular complexity index is 817. The fourth-order valence-corrected chi connectivity index (χ4v) is 3.84. The maximum atomic E-state index is 12.3. The van der Waals surface area contributed by atoms with E-state index in [1.165, 1.54) is 25.3 Å². The number of ether oxygens (including phenoxy) is 1. The van der Waals surface area contributed by atoms with Crippen LogP contribution in [0.25, 0.3) is 0 Å². The number of halogens is 2. The third-order valence-corrected chi connectivity index (χ3v) is 4.88. The predicted molar refractivity (Wildman–Crippen MR) is 90.5 cm³/mol. The van der Waals surface area contributed by atoms with E-state index in [-0.39, 0.29) is 27.0 Å². The molecule has 122 valence electrons. The van der Waals surface area contributed by atoms with Gasteiger partial charge >= 0.3 is 5.97 Å². The van der Waals surface area contributed by atoms with E-state index >= 15 is 0 Å². The summed E-state index contributed by atoms with van der Waals surface area (Å²) in [6.45, 7) is 0. The topological polar surface area (TPSA) is 72.5 Å². The number of esters is 1. The van der Waals surface area contributed by atoms with E-state index in [1.807, 2.05) is 0 Å². The van der Waals surface area contributed by atoms with Gasteiger partial charge in [0.15, 0.2) is 0 Å². The highest BCUT2D eigenvalue weighted by molar-refractivity contribution is 7.91. The number of hydrogen-bond donors (Lipinski definition) is 1. The number of sulfonamides is 1. The number of hydrogen-bond acceptors (Lipinski definition) is 4. The van der Waals surface area contributed by atoms with Crippen LogP contribution in [0.5, 0.6) is 0 Å². The summed E-state index contributed by atoms with van der Waals surface area (Å²) in [7, 11) is -2.50. The molecular weight excluding hydrogens is 361 g/mol. The van der Waals surface area contributed by atoms with Gasteiger partial charge in [-0.1, -0.05) is 35.3 Å². The van der Waals surface area contributed by atoms with Crippen molar-refractivity contribution in [3.05, 3.63) is 63.6 Å². The minimum atomic E-state index is -3.75. The molecule has 2 rings (SSSR count). The van der Waals surface area contributed by atoms with Crippen LogP contribution in [-0.2, 0) is 20.5 Å². The molecule has 0 fully saturated rings. The van der Waals surface area contributed by atoms with Gasteiger partial charge in [-0.05, 0) is 30.3 Å². The average molecular weight is 374 g/mol. The Morgan fingerprint density at radius 2 is 1.74 bits per heavy atom. The summed E-state index contributed by atoms with van der Waals surface area (Å²) >= 11 is 12.0.